The molecule has 0 spiro atoms. The maximum atomic E-state index is 12.4. The number of carbonyl (C=O) groups excluding carboxylic acids is 1. The zero-order valence-electron chi connectivity index (χ0n) is 14.5. The van der Waals surface area contributed by atoms with Crippen LogP contribution >= 0.6 is 0 Å². The van der Waals surface area contributed by atoms with Crippen molar-refractivity contribution >= 4 is 23.2 Å². The molecule has 0 bridgehead atoms. The molecule has 2 fully saturated rings. The lowest BCUT2D eigenvalue weighted by Crippen LogP contribution is -2.50. The third kappa shape index (κ3) is 3.75. The molecule has 2 aromatic rings. The summed E-state index contributed by atoms with van der Waals surface area (Å²) in [6.45, 7) is 4.23. The first-order valence-corrected chi connectivity index (χ1v) is 8.92. The second-order valence-electron chi connectivity index (χ2n) is 6.52. The molecule has 0 aliphatic carbocycles. The Morgan fingerprint density at radius 3 is 2.69 bits per heavy atom. The quantitative estimate of drug-likeness (QED) is 0.886. The zero-order valence-corrected chi connectivity index (χ0v) is 14.5. The third-order valence-corrected chi connectivity index (χ3v) is 4.78. The van der Waals surface area contributed by atoms with Crippen LogP contribution in [-0.2, 0) is 9.53 Å². The second-order valence-corrected chi connectivity index (χ2v) is 6.52. The Morgan fingerprint density at radius 2 is 2.04 bits per heavy atom. The van der Waals surface area contributed by atoms with Crippen LogP contribution in [0, 0.1) is 5.92 Å². The lowest BCUT2D eigenvalue weighted by atomic mass is 10.1. The van der Waals surface area contributed by atoms with E-state index < -0.39 is 0 Å². The van der Waals surface area contributed by atoms with Gasteiger partial charge in [0.1, 0.15) is 0 Å². The minimum absolute atomic E-state index is 0.0409. The lowest BCUT2D eigenvalue weighted by molar-refractivity contribution is -0.135. The van der Waals surface area contributed by atoms with Crippen molar-refractivity contribution in [3.05, 3.63) is 36.7 Å². The normalized spacial score (nSPS) is 20.2. The van der Waals surface area contributed by atoms with Crippen LogP contribution < -0.4 is 10.2 Å². The molecule has 4 rings (SSSR count). The fourth-order valence-electron chi connectivity index (χ4n) is 3.29. The molecule has 0 aromatic carbocycles. The van der Waals surface area contributed by atoms with Crippen LogP contribution in [0.4, 0.5) is 17.3 Å². The van der Waals surface area contributed by atoms with E-state index in [0.717, 1.165) is 31.0 Å². The highest BCUT2D eigenvalue weighted by Gasteiger charge is 2.30. The molecule has 8 heteroatoms. The number of rotatable bonds is 4. The van der Waals surface area contributed by atoms with Crippen molar-refractivity contribution < 1.29 is 9.53 Å². The summed E-state index contributed by atoms with van der Waals surface area (Å²) in [5, 5.41) is 11.7. The number of aromatic nitrogens is 3. The van der Waals surface area contributed by atoms with Gasteiger partial charge in [-0.2, -0.15) is 0 Å². The van der Waals surface area contributed by atoms with Crippen molar-refractivity contribution in [1.82, 2.24) is 20.1 Å². The Balaban J connectivity index is 1.32. The van der Waals surface area contributed by atoms with E-state index in [2.05, 4.69) is 25.4 Å². The number of amides is 1. The maximum Gasteiger partial charge on any atom is 0.228 e. The molecule has 2 saturated heterocycles. The van der Waals surface area contributed by atoms with Crippen LogP contribution in [0.25, 0.3) is 0 Å². The average Bonchev–Trinajstić information content (AvgIpc) is 3.24. The molecule has 2 aliphatic rings. The van der Waals surface area contributed by atoms with E-state index in [-0.39, 0.29) is 11.8 Å². The Labute approximate surface area is 152 Å². The monoisotopic (exact) mass is 354 g/mol. The van der Waals surface area contributed by atoms with Gasteiger partial charge in [0.05, 0.1) is 24.4 Å². The fraction of sp³-hybridized carbons (Fsp3) is 0.444. The van der Waals surface area contributed by atoms with E-state index in [9.17, 15) is 4.79 Å². The molecule has 136 valence electrons. The summed E-state index contributed by atoms with van der Waals surface area (Å²) in [7, 11) is 0. The van der Waals surface area contributed by atoms with Gasteiger partial charge in [0.2, 0.25) is 5.91 Å². The van der Waals surface area contributed by atoms with Crippen molar-refractivity contribution in [2.24, 2.45) is 5.92 Å². The van der Waals surface area contributed by atoms with E-state index in [1.165, 1.54) is 0 Å². The number of nitrogens with one attached hydrogen (secondary N) is 1. The van der Waals surface area contributed by atoms with Gasteiger partial charge in [0.15, 0.2) is 11.6 Å². The van der Waals surface area contributed by atoms with Crippen LogP contribution in [-0.4, -0.2) is 65.4 Å². The van der Waals surface area contributed by atoms with Crippen LogP contribution in [0.15, 0.2) is 36.7 Å². The van der Waals surface area contributed by atoms with Crippen LogP contribution in [0.3, 0.4) is 0 Å². The highest BCUT2D eigenvalue weighted by Crippen LogP contribution is 2.20. The van der Waals surface area contributed by atoms with E-state index >= 15 is 0 Å². The Hall–Kier alpha value is -2.74. The van der Waals surface area contributed by atoms with Crippen molar-refractivity contribution in [2.75, 3.05) is 49.6 Å². The van der Waals surface area contributed by atoms with E-state index in [4.69, 9.17) is 4.74 Å². The molecule has 2 aromatic heterocycles. The summed E-state index contributed by atoms with van der Waals surface area (Å²) in [5.41, 5.74) is 0.873. The molecule has 1 unspecified atom stereocenters. The Kier molecular flexibility index (Phi) is 4.92. The van der Waals surface area contributed by atoms with Crippen molar-refractivity contribution in [2.45, 2.75) is 6.42 Å². The van der Waals surface area contributed by atoms with Crippen molar-refractivity contribution in [3.8, 4) is 0 Å². The van der Waals surface area contributed by atoms with Gasteiger partial charge in [-0.3, -0.25) is 9.78 Å². The Morgan fingerprint density at radius 1 is 1.15 bits per heavy atom. The predicted molar refractivity (Wildman–Crippen MR) is 97.3 cm³/mol. The smallest absolute Gasteiger partial charge is 0.228 e. The molecular weight excluding hydrogens is 332 g/mol. The maximum absolute atomic E-state index is 12.4. The number of pyridine rings is 1. The Bertz CT molecular complexity index is 725. The van der Waals surface area contributed by atoms with Crippen molar-refractivity contribution in [1.29, 1.82) is 0 Å². The molecular formula is C18H22N6O2. The van der Waals surface area contributed by atoms with Gasteiger partial charge < -0.3 is 19.9 Å². The van der Waals surface area contributed by atoms with Crippen LogP contribution in [0.1, 0.15) is 6.42 Å². The lowest BCUT2D eigenvalue weighted by Gasteiger charge is -2.36. The van der Waals surface area contributed by atoms with Crippen LogP contribution in [0.5, 0.6) is 0 Å². The van der Waals surface area contributed by atoms with Gasteiger partial charge in [0, 0.05) is 39.0 Å². The topological polar surface area (TPSA) is 83.5 Å². The van der Waals surface area contributed by atoms with Crippen molar-refractivity contribution in [3.63, 3.8) is 0 Å². The zero-order chi connectivity index (χ0) is 17.8. The van der Waals surface area contributed by atoms with Gasteiger partial charge in [-0.05, 0) is 30.7 Å². The minimum Gasteiger partial charge on any atom is -0.381 e. The molecule has 26 heavy (non-hydrogen) atoms. The number of anilines is 3. The standard InChI is InChI=1S/C18H22N6O2/c25-18(14-5-11-26-13-14)24-9-7-23(8-10-24)17-4-3-16(21-22-17)20-15-2-1-6-19-12-15/h1-4,6,12,14H,5,7-11,13H2,(H,20,21). The largest absolute Gasteiger partial charge is 0.381 e. The summed E-state index contributed by atoms with van der Waals surface area (Å²) < 4.78 is 5.33. The first-order valence-electron chi connectivity index (χ1n) is 8.92. The molecule has 1 amide bonds. The number of ether oxygens (including phenoxy) is 1. The van der Waals surface area contributed by atoms with Gasteiger partial charge in [-0.1, -0.05) is 0 Å². The van der Waals surface area contributed by atoms with E-state index in [1.807, 2.05) is 29.2 Å². The SMILES string of the molecule is O=C(C1CCOC1)N1CCN(c2ccc(Nc3cccnc3)nn2)CC1. The number of hydrogen-bond donors (Lipinski definition) is 1. The van der Waals surface area contributed by atoms with E-state index in [1.54, 1.807) is 12.4 Å². The summed E-state index contributed by atoms with van der Waals surface area (Å²) >= 11 is 0. The average molecular weight is 354 g/mol. The van der Waals surface area contributed by atoms with E-state index in [0.29, 0.717) is 32.1 Å². The number of piperazine rings is 1. The molecule has 0 saturated carbocycles. The predicted octanol–water partition coefficient (Wildman–Crippen LogP) is 1.30. The number of carbonyl (C=O) groups is 1. The third-order valence-electron chi connectivity index (χ3n) is 4.78. The fourth-order valence-corrected chi connectivity index (χ4v) is 3.29. The number of nitrogens with zero attached hydrogens (tertiary/aromatic N) is 5. The molecule has 4 heterocycles. The first kappa shape index (κ1) is 16.7. The van der Waals surface area contributed by atoms with Crippen LogP contribution in [0.2, 0.25) is 0 Å². The highest BCUT2D eigenvalue weighted by atomic mass is 16.5. The van der Waals surface area contributed by atoms with Gasteiger partial charge in [-0.25, -0.2) is 0 Å². The summed E-state index contributed by atoms with van der Waals surface area (Å²) in [6, 6.07) is 7.65. The number of hydrogen-bond acceptors (Lipinski definition) is 7. The molecule has 8 nitrogen and oxygen atoms in total. The van der Waals surface area contributed by atoms with Gasteiger partial charge in [-0.15, -0.1) is 10.2 Å². The molecule has 2 aliphatic heterocycles. The molecule has 1 N–H and O–H groups in total. The minimum atomic E-state index is 0.0409. The summed E-state index contributed by atoms with van der Waals surface area (Å²) in [5.74, 6) is 1.78. The summed E-state index contributed by atoms with van der Waals surface area (Å²) in [6.07, 6.45) is 4.31. The first-order chi connectivity index (χ1) is 12.8. The molecule has 1 atom stereocenters. The van der Waals surface area contributed by atoms with Gasteiger partial charge in [0.25, 0.3) is 0 Å². The second kappa shape index (κ2) is 7.65. The highest BCUT2D eigenvalue weighted by molar-refractivity contribution is 5.79. The molecule has 0 radical (unpaired) electrons. The summed E-state index contributed by atoms with van der Waals surface area (Å²) in [4.78, 5) is 20.6. The van der Waals surface area contributed by atoms with Gasteiger partial charge >= 0.3 is 0 Å².